The second kappa shape index (κ2) is 5.71. The van der Waals surface area contributed by atoms with Crippen molar-refractivity contribution in [3.63, 3.8) is 0 Å². The Hall–Kier alpha value is -1.40. The van der Waals surface area contributed by atoms with Crippen molar-refractivity contribution < 1.29 is 8.91 Å². The van der Waals surface area contributed by atoms with E-state index in [-0.39, 0.29) is 11.9 Å². The lowest BCUT2D eigenvalue weighted by atomic mass is 10.0. The normalized spacial score (nSPS) is 18.3. The summed E-state index contributed by atoms with van der Waals surface area (Å²) < 4.78 is 18.4. The summed E-state index contributed by atoms with van der Waals surface area (Å²) >= 11 is 1.60. The largest absolute Gasteiger partial charge is 0.343 e. The molecule has 2 aromatic rings. The maximum atomic E-state index is 13.7. The SMILES string of the molecule is Fc1cccc2c1SCCC2NCCc1ncon1. The van der Waals surface area contributed by atoms with Gasteiger partial charge < -0.3 is 9.84 Å². The van der Waals surface area contributed by atoms with E-state index in [1.807, 2.05) is 6.07 Å². The first kappa shape index (κ1) is 12.6. The van der Waals surface area contributed by atoms with Gasteiger partial charge in [0.15, 0.2) is 5.82 Å². The number of nitrogens with one attached hydrogen (secondary N) is 1. The van der Waals surface area contributed by atoms with E-state index in [2.05, 4.69) is 20.0 Å². The van der Waals surface area contributed by atoms with E-state index in [0.29, 0.717) is 12.2 Å². The van der Waals surface area contributed by atoms with Crippen LogP contribution in [0.2, 0.25) is 0 Å². The van der Waals surface area contributed by atoms with E-state index < -0.39 is 0 Å². The third-order valence-electron chi connectivity index (χ3n) is 3.17. The van der Waals surface area contributed by atoms with Crippen LogP contribution in [0.1, 0.15) is 23.9 Å². The number of thioether (sulfide) groups is 1. The van der Waals surface area contributed by atoms with Crippen LogP contribution in [0.5, 0.6) is 0 Å². The first-order chi connectivity index (χ1) is 9.34. The van der Waals surface area contributed by atoms with Crippen LogP contribution in [0.4, 0.5) is 4.39 Å². The molecular weight excluding hydrogens is 265 g/mol. The minimum atomic E-state index is -0.118. The van der Waals surface area contributed by atoms with Crippen molar-refractivity contribution in [2.24, 2.45) is 0 Å². The summed E-state index contributed by atoms with van der Waals surface area (Å²) in [5, 5.41) is 7.21. The quantitative estimate of drug-likeness (QED) is 0.932. The van der Waals surface area contributed by atoms with Crippen molar-refractivity contribution in [1.82, 2.24) is 15.5 Å². The van der Waals surface area contributed by atoms with Gasteiger partial charge in [0.1, 0.15) is 5.82 Å². The molecule has 0 saturated carbocycles. The van der Waals surface area contributed by atoms with Crippen molar-refractivity contribution in [3.05, 3.63) is 41.8 Å². The van der Waals surface area contributed by atoms with Gasteiger partial charge in [-0.1, -0.05) is 17.3 Å². The van der Waals surface area contributed by atoms with Crippen LogP contribution in [-0.4, -0.2) is 22.4 Å². The van der Waals surface area contributed by atoms with Crippen LogP contribution in [0.25, 0.3) is 0 Å². The van der Waals surface area contributed by atoms with Gasteiger partial charge in [0.25, 0.3) is 0 Å². The molecular formula is C13H14FN3OS. The Labute approximate surface area is 114 Å². The number of benzene rings is 1. The van der Waals surface area contributed by atoms with Crippen molar-refractivity contribution in [1.29, 1.82) is 0 Å². The third kappa shape index (κ3) is 2.79. The van der Waals surface area contributed by atoms with Crippen LogP contribution in [0.3, 0.4) is 0 Å². The number of halogens is 1. The summed E-state index contributed by atoms with van der Waals surface area (Å²) in [4.78, 5) is 4.76. The number of hydrogen-bond donors (Lipinski definition) is 1. The highest BCUT2D eigenvalue weighted by atomic mass is 32.2. The Morgan fingerprint density at radius 1 is 1.47 bits per heavy atom. The smallest absolute Gasteiger partial charge is 0.213 e. The molecule has 0 spiro atoms. The average molecular weight is 279 g/mol. The molecule has 2 heterocycles. The molecule has 0 amide bonds. The van der Waals surface area contributed by atoms with Gasteiger partial charge in [-0.15, -0.1) is 11.8 Å². The van der Waals surface area contributed by atoms with Crippen LogP contribution in [0, 0.1) is 5.82 Å². The van der Waals surface area contributed by atoms with E-state index >= 15 is 0 Å². The Bertz CT molecular complexity index is 547. The fourth-order valence-corrected chi connectivity index (χ4v) is 3.40. The van der Waals surface area contributed by atoms with E-state index in [9.17, 15) is 4.39 Å². The summed E-state index contributed by atoms with van der Waals surface area (Å²) in [5.74, 6) is 1.51. The van der Waals surface area contributed by atoms with Gasteiger partial charge in [0.05, 0.1) is 0 Å². The summed E-state index contributed by atoms with van der Waals surface area (Å²) in [6, 6.07) is 5.50. The monoisotopic (exact) mass is 279 g/mol. The lowest BCUT2D eigenvalue weighted by Crippen LogP contribution is -2.27. The number of hydrogen-bond acceptors (Lipinski definition) is 5. The van der Waals surface area contributed by atoms with E-state index in [0.717, 1.165) is 29.2 Å². The van der Waals surface area contributed by atoms with E-state index in [1.54, 1.807) is 17.8 Å². The predicted octanol–water partition coefficient (Wildman–Crippen LogP) is 2.58. The van der Waals surface area contributed by atoms with E-state index in [4.69, 9.17) is 0 Å². The van der Waals surface area contributed by atoms with Crippen LogP contribution in [0.15, 0.2) is 34.0 Å². The first-order valence-electron chi connectivity index (χ1n) is 6.24. The second-order valence-corrected chi connectivity index (χ2v) is 5.50. The molecule has 1 aromatic carbocycles. The fraction of sp³-hybridized carbons (Fsp3) is 0.385. The summed E-state index contributed by atoms with van der Waals surface area (Å²) in [5.41, 5.74) is 1.06. The highest BCUT2D eigenvalue weighted by Crippen LogP contribution is 2.37. The molecule has 0 fully saturated rings. The summed E-state index contributed by atoms with van der Waals surface area (Å²) in [6.07, 6.45) is 3.05. The molecule has 1 atom stereocenters. The minimum Gasteiger partial charge on any atom is -0.343 e. The molecule has 100 valence electrons. The Balaban J connectivity index is 1.65. The highest BCUT2D eigenvalue weighted by molar-refractivity contribution is 7.99. The average Bonchev–Trinajstić information content (AvgIpc) is 2.93. The van der Waals surface area contributed by atoms with Gasteiger partial charge in [-0.05, 0) is 23.8 Å². The van der Waals surface area contributed by atoms with Gasteiger partial charge in [-0.2, -0.15) is 4.98 Å². The molecule has 6 heteroatoms. The first-order valence-corrected chi connectivity index (χ1v) is 7.23. The minimum absolute atomic E-state index is 0.118. The van der Waals surface area contributed by atoms with Gasteiger partial charge in [0.2, 0.25) is 6.39 Å². The number of aromatic nitrogens is 2. The van der Waals surface area contributed by atoms with Gasteiger partial charge in [0, 0.05) is 23.9 Å². The molecule has 1 aromatic heterocycles. The Kier molecular flexibility index (Phi) is 3.79. The number of rotatable bonds is 4. The summed E-state index contributed by atoms with van der Waals surface area (Å²) in [6.45, 7) is 0.755. The van der Waals surface area contributed by atoms with Crippen LogP contribution < -0.4 is 5.32 Å². The zero-order valence-electron chi connectivity index (χ0n) is 10.3. The molecule has 1 aliphatic heterocycles. The van der Waals surface area contributed by atoms with Gasteiger partial charge in [-0.3, -0.25) is 0 Å². The van der Waals surface area contributed by atoms with Crippen molar-refractivity contribution in [2.75, 3.05) is 12.3 Å². The van der Waals surface area contributed by atoms with Crippen LogP contribution in [-0.2, 0) is 6.42 Å². The van der Waals surface area contributed by atoms with Crippen molar-refractivity contribution in [3.8, 4) is 0 Å². The lowest BCUT2D eigenvalue weighted by Gasteiger charge is -2.26. The Morgan fingerprint density at radius 2 is 2.42 bits per heavy atom. The van der Waals surface area contributed by atoms with E-state index in [1.165, 1.54) is 12.5 Å². The molecule has 1 aliphatic rings. The zero-order valence-corrected chi connectivity index (χ0v) is 11.1. The van der Waals surface area contributed by atoms with Crippen molar-refractivity contribution in [2.45, 2.75) is 23.8 Å². The summed E-state index contributed by atoms with van der Waals surface area (Å²) in [7, 11) is 0. The van der Waals surface area contributed by atoms with Gasteiger partial charge in [-0.25, -0.2) is 4.39 Å². The fourth-order valence-electron chi connectivity index (χ4n) is 2.26. The standard InChI is InChI=1S/C13H14FN3OS/c14-10-3-1-2-9-11(5-7-19-13(9)10)15-6-4-12-16-8-18-17-12/h1-3,8,11,15H,4-7H2. The van der Waals surface area contributed by atoms with Crippen molar-refractivity contribution >= 4 is 11.8 Å². The third-order valence-corrected chi connectivity index (χ3v) is 4.33. The van der Waals surface area contributed by atoms with Gasteiger partial charge >= 0.3 is 0 Å². The molecule has 0 bridgehead atoms. The molecule has 4 nitrogen and oxygen atoms in total. The van der Waals surface area contributed by atoms with Crippen LogP contribution >= 0.6 is 11.8 Å². The second-order valence-electron chi connectivity index (χ2n) is 4.40. The maximum Gasteiger partial charge on any atom is 0.213 e. The predicted molar refractivity (Wildman–Crippen MR) is 70.5 cm³/mol. The molecule has 0 radical (unpaired) electrons. The maximum absolute atomic E-state index is 13.7. The topological polar surface area (TPSA) is 51.0 Å². The lowest BCUT2D eigenvalue weighted by molar-refractivity contribution is 0.407. The molecule has 0 saturated heterocycles. The Morgan fingerprint density at radius 3 is 3.26 bits per heavy atom. The number of nitrogens with zero attached hydrogens (tertiary/aromatic N) is 2. The molecule has 3 rings (SSSR count). The molecule has 19 heavy (non-hydrogen) atoms. The molecule has 0 aliphatic carbocycles. The number of fused-ring (bicyclic) bond motifs is 1. The zero-order chi connectivity index (χ0) is 13.1. The molecule has 1 N–H and O–H groups in total. The highest BCUT2D eigenvalue weighted by Gasteiger charge is 2.22. The molecule has 1 unspecified atom stereocenters.